The lowest BCUT2D eigenvalue weighted by Crippen LogP contribution is -1.97. The SMILES string of the molecule is Cc1cccc(C)c1-c1c(-c2cccc(-c3ccc(C(=O)O)cc3Cl)c2)n(Sc2ccc(C(F)F)cc2)c2ccc(F)cc12. The van der Waals surface area contributed by atoms with Crippen LogP contribution in [0.25, 0.3) is 44.4 Å². The molecule has 0 fully saturated rings. The van der Waals surface area contributed by atoms with Crippen LogP contribution in [0.15, 0.2) is 108 Å². The number of halogens is 4. The maximum Gasteiger partial charge on any atom is 0.335 e. The average molecular weight is 628 g/mol. The van der Waals surface area contributed by atoms with Crippen LogP contribution in [0.4, 0.5) is 13.2 Å². The van der Waals surface area contributed by atoms with Gasteiger partial charge in [-0.25, -0.2) is 18.0 Å². The van der Waals surface area contributed by atoms with Crippen LogP contribution in [0, 0.1) is 19.7 Å². The van der Waals surface area contributed by atoms with E-state index in [0.29, 0.717) is 16.0 Å². The highest BCUT2D eigenvalue weighted by atomic mass is 35.5. The predicted molar refractivity (Wildman–Crippen MR) is 172 cm³/mol. The highest BCUT2D eigenvalue weighted by molar-refractivity contribution is 7.98. The number of aromatic nitrogens is 1. The first-order valence-corrected chi connectivity index (χ1v) is 14.9. The number of aromatic carboxylic acids is 1. The summed E-state index contributed by atoms with van der Waals surface area (Å²) in [5, 5.41) is 10.4. The summed E-state index contributed by atoms with van der Waals surface area (Å²) in [5.74, 6) is -1.44. The van der Waals surface area contributed by atoms with Gasteiger partial charge in [0.15, 0.2) is 0 Å². The van der Waals surface area contributed by atoms with Gasteiger partial charge in [-0.3, -0.25) is 3.97 Å². The average Bonchev–Trinajstić information content (AvgIpc) is 3.29. The zero-order valence-electron chi connectivity index (χ0n) is 23.6. The van der Waals surface area contributed by atoms with Gasteiger partial charge in [-0.1, -0.05) is 66.2 Å². The van der Waals surface area contributed by atoms with Gasteiger partial charge in [-0.15, -0.1) is 0 Å². The summed E-state index contributed by atoms with van der Waals surface area (Å²) in [5.41, 5.74) is 7.67. The standard InChI is InChI=1S/C36H25ClF3NO2S/c1-20-5-3-6-21(2)32(20)33-29-19-26(38)12-16-31(29)41(44-27-13-9-22(10-14-27)35(39)40)34(33)24-8-4-7-23(17-24)28-15-11-25(36(42)43)18-30(28)37/h3-19,35H,1-2H3,(H,42,43). The van der Waals surface area contributed by atoms with Gasteiger partial charge in [0.1, 0.15) is 5.82 Å². The molecule has 0 atom stereocenters. The number of nitrogens with zero attached hydrogens (tertiary/aromatic N) is 1. The monoisotopic (exact) mass is 627 g/mol. The minimum atomic E-state index is -2.57. The molecule has 220 valence electrons. The minimum absolute atomic E-state index is 0.0660. The van der Waals surface area contributed by atoms with E-state index < -0.39 is 12.4 Å². The van der Waals surface area contributed by atoms with Gasteiger partial charge in [0, 0.05) is 37.6 Å². The number of hydrogen-bond donors (Lipinski definition) is 1. The summed E-state index contributed by atoms with van der Waals surface area (Å²) in [4.78, 5) is 12.2. The fourth-order valence-corrected chi connectivity index (χ4v) is 6.85. The zero-order chi connectivity index (χ0) is 31.1. The van der Waals surface area contributed by atoms with Crippen LogP contribution in [0.5, 0.6) is 0 Å². The molecule has 1 heterocycles. The van der Waals surface area contributed by atoms with Gasteiger partial charge < -0.3 is 5.11 Å². The molecule has 8 heteroatoms. The van der Waals surface area contributed by atoms with Crippen molar-refractivity contribution < 1.29 is 23.1 Å². The molecular weight excluding hydrogens is 603 g/mol. The third-order valence-electron chi connectivity index (χ3n) is 7.61. The summed E-state index contributed by atoms with van der Waals surface area (Å²) in [6.45, 7) is 4.04. The van der Waals surface area contributed by atoms with Crippen LogP contribution >= 0.6 is 23.5 Å². The normalized spacial score (nSPS) is 11.4. The molecule has 3 nitrogen and oxygen atoms in total. The molecule has 6 aromatic rings. The molecule has 0 radical (unpaired) electrons. The summed E-state index contributed by atoms with van der Waals surface area (Å²) in [6.07, 6.45) is -2.57. The molecule has 0 saturated heterocycles. The van der Waals surface area contributed by atoms with Crippen LogP contribution in [-0.2, 0) is 0 Å². The number of carbonyl (C=O) groups is 1. The van der Waals surface area contributed by atoms with Gasteiger partial charge in [0.05, 0.1) is 16.8 Å². The van der Waals surface area contributed by atoms with Gasteiger partial charge in [0.2, 0.25) is 0 Å². The van der Waals surface area contributed by atoms with Crippen molar-refractivity contribution in [2.75, 3.05) is 0 Å². The highest BCUT2D eigenvalue weighted by Crippen LogP contribution is 2.47. The van der Waals surface area contributed by atoms with Crippen LogP contribution in [0.3, 0.4) is 0 Å². The summed E-state index contributed by atoms with van der Waals surface area (Å²) in [6, 6.07) is 29.2. The van der Waals surface area contributed by atoms with E-state index in [1.54, 1.807) is 24.3 Å². The molecule has 44 heavy (non-hydrogen) atoms. The van der Waals surface area contributed by atoms with E-state index in [9.17, 15) is 23.1 Å². The van der Waals surface area contributed by atoms with Crippen molar-refractivity contribution in [3.63, 3.8) is 0 Å². The Morgan fingerprint density at radius 3 is 2.16 bits per heavy atom. The fourth-order valence-electron chi connectivity index (χ4n) is 5.55. The Morgan fingerprint density at radius 1 is 0.818 bits per heavy atom. The van der Waals surface area contributed by atoms with Crippen molar-refractivity contribution in [3.05, 3.63) is 136 Å². The number of benzene rings is 5. The molecule has 1 aromatic heterocycles. The molecule has 1 N–H and O–H groups in total. The molecule has 0 aliphatic heterocycles. The summed E-state index contributed by atoms with van der Waals surface area (Å²) in [7, 11) is 0. The van der Waals surface area contributed by atoms with Crippen molar-refractivity contribution in [3.8, 4) is 33.5 Å². The first kappa shape index (κ1) is 29.6. The summed E-state index contributed by atoms with van der Waals surface area (Å²) >= 11 is 7.92. The number of aryl methyl sites for hydroxylation is 2. The maximum absolute atomic E-state index is 14.9. The Balaban J connectivity index is 1.64. The lowest BCUT2D eigenvalue weighted by molar-refractivity contribution is 0.0697. The molecule has 0 saturated carbocycles. The van der Waals surface area contributed by atoms with Crippen LogP contribution in [-0.4, -0.2) is 15.0 Å². The maximum atomic E-state index is 14.9. The van der Waals surface area contributed by atoms with E-state index in [0.717, 1.165) is 49.5 Å². The Morgan fingerprint density at radius 2 is 1.50 bits per heavy atom. The lowest BCUT2D eigenvalue weighted by atomic mass is 9.91. The second-order valence-corrected chi connectivity index (χ2v) is 11.9. The van der Waals surface area contributed by atoms with Gasteiger partial charge >= 0.3 is 5.97 Å². The predicted octanol–water partition coefficient (Wildman–Crippen LogP) is 11.2. The number of alkyl halides is 2. The smallest absolute Gasteiger partial charge is 0.335 e. The van der Waals surface area contributed by atoms with Gasteiger partial charge in [-0.05, 0) is 96.6 Å². The van der Waals surface area contributed by atoms with E-state index >= 15 is 0 Å². The fraction of sp³-hybridized carbons (Fsp3) is 0.0833. The number of hydrogen-bond acceptors (Lipinski definition) is 2. The Labute approximate surface area is 261 Å². The Kier molecular flexibility index (Phi) is 8.01. The number of fused-ring (bicyclic) bond motifs is 1. The molecular formula is C36H25ClF3NO2S. The first-order chi connectivity index (χ1) is 21.1. The number of carboxylic acid groups (broad SMARTS) is 1. The largest absolute Gasteiger partial charge is 0.478 e. The number of rotatable bonds is 7. The second-order valence-electron chi connectivity index (χ2n) is 10.5. The molecule has 0 bridgehead atoms. The molecule has 0 aliphatic rings. The van der Waals surface area contributed by atoms with E-state index in [4.69, 9.17) is 11.6 Å². The Hall–Kier alpha value is -4.46. The molecule has 0 amide bonds. The third kappa shape index (κ3) is 5.49. The number of carboxylic acids is 1. The van der Waals surface area contributed by atoms with Crippen LogP contribution < -0.4 is 0 Å². The van der Waals surface area contributed by atoms with Crippen LogP contribution in [0.2, 0.25) is 5.02 Å². The molecule has 0 aliphatic carbocycles. The molecule has 0 spiro atoms. The highest BCUT2D eigenvalue weighted by Gasteiger charge is 2.24. The van der Waals surface area contributed by atoms with Gasteiger partial charge in [0.25, 0.3) is 6.43 Å². The Bertz CT molecular complexity index is 2030. The van der Waals surface area contributed by atoms with Crippen LogP contribution in [0.1, 0.15) is 33.5 Å². The van der Waals surface area contributed by atoms with E-state index in [2.05, 4.69) is 0 Å². The van der Waals surface area contributed by atoms with E-state index in [1.165, 1.54) is 48.3 Å². The van der Waals surface area contributed by atoms with Crippen molar-refractivity contribution in [2.24, 2.45) is 0 Å². The van der Waals surface area contributed by atoms with Crippen molar-refractivity contribution in [1.29, 1.82) is 0 Å². The lowest BCUT2D eigenvalue weighted by Gasteiger charge is -2.16. The third-order valence-corrected chi connectivity index (χ3v) is 8.97. The minimum Gasteiger partial charge on any atom is -0.478 e. The van der Waals surface area contributed by atoms with Crippen molar-refractivity contribution >= 4 is 40.4 Å². The first-order valence-electron chi connectivity index (χ1n) is 13.7. The second kappa shape index (κ2) is 11.9. The molecule has 5 aromatic carbocycles. The topological polar surface area (TPSA) is 42.2 Å². The van der Waals surface area contributed by atoms with E-state index in [-0.39, 0.29) is 16.9 Å². The van der Waals surface area contributed by atoms with Gasteiger partial charge in [-0.2, -0.15) is 0 Å². The molecule has 0 unspecified atom stereocenters. The van der Waals surface area contributed by atoms with Crippen molar-refractivity contribution in [2.45, 2.75) is 25.2 Å². The quantitative estimate of drug-likeness (QED) is 0.191. The van der Waals surface area contributed by atoms with E-state index in [1.807, 2.05) is 60.3 Å². The van der Waals surface area contributed by atoms with Crippen molar-refractivity contribution in [1.82, 2.24) is 3.97 Å². The zero-order valence-corrected chi connectivity index (χ0v) is 25.2. The molecule has 6 rings (SSSR count). The summed E-state index contributed by atoms with van der Waals surface area (Å²) < 4.78 is 43.5.